The number of halogens is 1. The van der Waals surface area contributed by atoms with Gasteiger partial charge in [0.25, 0.3) is 0 Å². The quantitative estimate of drug-likeness (QED) is 0.536. The largest absolute Gasteiger partial charge is 0.403 e. The van der Waals surface area contributed by atoms with E-state index in [1.54, 1.807) is 12.4 Å². The van der Waals surface area contributed by atoms with Crippen molar-refractivity contribution in [3.63, 3.8) is 0 Å². The van der Waals surface area contributed by atoms with Gasteiger partial charge < -0.3 is 14.6 Å². The summed E-state index contributed by atoms with van der Waals surface area (Å²) in [6.07, 6.45) is 4.42. The first kappa shape index (κ1) is 18.4. The molecule has 5 rings (SSSR count). The van der Waals surface area contributed by atoms with Gasteiger partial charge in [0.05, 0.1) is 0 Å². The van der Waals surface area contributed by atoms with Gasteiger partial charge in [0.1, 0.15) is 5.82 Å². The van der Waals surface area contributed by atoms with E-state index in [0.717, 1.165) is 30.8 Å². The van der Waals surface area contributed by atoms with Crippen molar-refractivity contribution < 1.29 is 8.81 Å². The van der Waals surface area contributed by atoms with Gasteiger partial charge in [-0.1, -0.05) is 17.2 Å². The summed E-state index contributed by atoms with van der Waals surface area (Å²) < 4.78 is 20.0. The second-order valence-corrected chi connectivity index (χ2v) is 7.48. The van der Waals surface area contributed by atoms with E-state index in [1.807, 2.05) is 24.3 Å². The Hall–Kier alpha value is -3.58. The smallest absolute Gasteiger partial charge is 0.320 e. The Bertz CT molecular complexity index is 1190. The molecule has 0 spiro atoms. The van der Waals surface area contributed by atoms with Gasteiger partial charge in [-0.15, -0.1) is 5.10 Å². The van der Waals surface area contributed by atoms with Crippen molar-refractivity contribution >= 4 is 11.7 Å². The summed E-state index contributed by atoms with van der Waals surface area (Å²) >= 11 is 0. The summed E-state index contributed by atoms with van der Waals surface area (Å²) in [5.41, 5.74) is 5.57. The van der Waals surface area contributed by atoms with Crippen molar-refractivity contribution in [2.45, 2.75) is 13.0 Å². The van der Waals surface area contributed by atoms with Gasteiger partial charge in [-0.25, -0.2) is 4.39 Å². The monoisotopic (exact) mass is 401 g/mol. The number of nitrogens with one attached hydrogen (secondary N) is 1. The third kappa shape index (κ3) is 3.79. The number of anilines is 2. The van der Waals surface area contributed by atoms with E-state index in [2.05, 4.69) is 44.6 Å². The maximum atomic E-state index is 14.2. The molecule has 4 aromatic rings. The van der Waals surface area contributed by atoms with Gasteiger partial charge >= 0.3 is 6.01 Å². The van der Waals surface area contributed by atoms with E-state index in [-0.39, 0.29) is 17.7 Å². The number of hydrogen-bond donors (Lipinski definition) is 1. The van der Waals surface area contributed by atoms with Crippen LogP contribution in [0.4, 0.5) is 16.1 Å². The number of fused-ring (bicyclic) bond motifs is 1. The molecule has 30 heavy (non-hydrogen) atoms. The summed E-state index contributed by atoms with van der Waals surface area (Å²) in [6, 6.07) is 14.9. The third-order valence-corrected chi connectivity index (χ3v) is 5.23. The fraction of sp³-hybridized carbons (Fsp3) is 0.174. The number of rotatable bonds is 4. The Kier molecular flexibility index (Phi) is 4.72. The van der Waals surface area contributed by atoms with Crippen LogP contribution in [0.3, 0.4) is 0 Å². The molecule has 150 valence electrons. The van der Waals surface area contributed by atoms with Crippen molar-refractivity contribution in [3.05, 3.63) is 77.9 Å². The lowest BCUT2D eigenvalue weighted by atomic mass is 9.99. The van der Waals surface area contributed by atoms with Crippen molar-refractivity contribution in [1.82, 2.24) is 20.1 Å². The topological polar surface area (TPSA) is 67.1 Å². The number of hydrogen-bond acceptors (Lipinski definition) is 6. The average molecular weight is 401 g/mol. The molecule has 3 heterocycles. The van der Waals surface area contributed by atoms with E-state index in [4.69, 9.17) is 4.42 Å². The molecule has 2 aromatic heterocycles. The molecule has 0 bridgehead atoms. The molecule has 0 atom stereocenters. The summed E-state index contributed by atoms with van der Waals surface area (Å²) in [5.74, 6) is -0.127. The second-order valence-electron chi connectivity index (χ2n) is 7.48. The molecule has 0 aliphatic carbocycles. The highest BCUT2D eigenvalue weighted by Crippen LogP contribution is 2.29. The number of likely N-dealkylation sites (N-methyl/N-ethyl adjacent to an activating group) is 1. The van der Waals surface area contributed by atoms with Gasteiger partial charge in [-0.05, 0) is 66.6 Å². The molecule has 1 N–H and O–H groups in total. The van der Waals surface area contributed by atoms with Crippen LogP contribution in [-0.4, -0.2) is 33.7 Å². The molecule has 1 aliphatic rings. The Morgan fingerprint density at radius 2 is 1.90 bits per heavy atom. The minimum atomic E-state index is -0.377. The van der Waals surface area contributed by atoms with Crippen molar-refractivity contribution in [1.29, 1.82) is 0 Å². The molecule has 0 amide bonds. The molecule has 0 fully saturated rings. The van der Waals surface area contributed by atoms with Gasteiger partial charge in [0.2, 0.25) is 5.89 Å². The van der Waals surface area contributed by atoms with E-state index in [0.29, 0.717) is 11.1 Å². The van der Waals surface area contributed by atoms with Gasteiger partial charge in [0.15, 0.2) is 0 Å². The SMILES string of the molecule is CN1CCc2ccc(Nc3nnc(-c4cc(F)cc(-c5cccnc5)c4)o3)cc2C1. The van der Waals surface area contributed by atoms with Crippen LogP contribution in [0.1, 0.15) is 11.1 Å². The van der Waals surface area contributed by atoms with Gasteiger partial charge in [-0.2, -0.15) is 0 Å². The summed E-state index contributed by atoms with van der Waals surface area (Å²) in [7, 11) is 2.12. The maximum absolute atomic E-state index is 14.2. The molecule has 0 unspecified atom stereocenters. The van der Waals surface area contributed by atoms with Crippen LogP contribution in [-0.2, 0) is 13.0 Å². The Morgan fingerprint density at radius 3 is 2.77 bits per heavy atom. The minimum absolute atomic E-state index is 0.250. The van der Waals surface area contributed by atoms with Crippen LogP contribution in [0, 0.1) is 5.82 Å². The summed E-state index contributed by atoms with van der Waals surface area (Å²) in [4.78, 5) is 6.38. The molecule has 0 saturated heterocycles. The predicted molar refractivity (Wildman–Crippen MR) is 113 cm³/mol. The van der Waals surface area contributed by atoms with E-state index < -0.39 is 0 Å². The molecule has 0 radical (unpaired) electrons. The van der Waals surface area contributed by atoms with Crippen LogP contribution in [0.5, 0.6) is 0 Å². The third-order valence-electron chi connectivity index (χ3n) is 5.23. The van der Waals surface area contributed by atoms with Crippen molar-refractivity contribution in [2.24, 2.45) is 0 Å². The lowest BCUT2D eigenvalue weighted by Crippen LogP contribution is -2.26. The Balaban J connectivity index is 1.40. The maximum Gasteiger partial charge on any atom is 0.320 e. The first-order chi connectivity index (χ1) is 14.6. The second kappa shape index (κ2) is 7.68. The predicted octanol–water partition coefficient (Wildman–Crippen LogP) is 4.67. The number of pyridine rings is 1. The molecular formula is C23H20FN5O. The summed E-state index contributed by atoms with van der Waals surface area (Å²) in [6.45, 7) is 1.99. The zero-order valence-electron chi connectivity index (χ0n) is 16.5. The van der Waals surface area contributed by atoms with E-state index >= 15 is 0 Å². The number of aromatic nitrogens is 3. The molecule has 1 aliphatic heterocycles. The first-order valence-electron chi connectivity index (χ1n) is 9.76. The lowest BCUT2D eigenvalue weighted by Gasteiger charge is -2.25. The Morgan fingerprint density at radius 1 is 1.00 bits per heavy atom. The lowest BCUT2D eigenvalue weighted by molar-refractivity contribution is 0.313. The van der Waals surface area contributed by atoms with Crippen LogP contribution in [0.2, 0.25) is 0 Å². The molecule has 7 heteroatoms. The highest BCUT2D eigenvalue weighted by Gasteiger charge is 2.15. The fourth-order valence-corrected chi connectivity index (χ4v) is 3.70. The molecular weight excluding hydrogens is 381 g/mol. The zero-order chi connectivity index (χ0) is 20.5. The van der Waals surface area contributed by atoms with Crippen LogP contribution in [0.15, 0.2) is 65.3 Å². The molecule has 2 aromatic carbocycles. The van der Waals surface area contributed by atoms with Crippen molar-refractivity contribution in [3.8, 4) is 22.6 Å². The first-order valence-corrected chi connectivity index (χ1v) is 9.76. The Labute approximate surface area is 173 Å². The standard InChI is InChI=1S/C23H20FN5O/c1-29-8-6-15-4-5-21(12-19(15)14-29)26-23-28-27-22(30-23)18-9-17(10-20(24)11-18)16-3-2-7-25-13-16/h2-5,7,9-13H,6,8,14H2,1H3,(H,26,28). The highest BCUT2D eigenvalue weighted by molar-refractivity contribution is 5.69. The normalized spacial score (nSPS) is 13.8. The summed E-state index contributed by atoms with van der Waals surface area (Å²) in [5, 5.41) is 11.3. The van der Waals surface area contributed by atoms with Crippen molar-refractivity contribution in [2.75, 3.05) is 18.9 Å². The number of benzene rings is 2. The average Bonchev–Trinajstić information content (AvgIpc) is 3.22. The zero-order valence-corrected chi connectivity index (χ0v) is 16.5. The minimum Gasteiger partial charge on any atom is -0.403 e. The fourth-order valence-electron chi connectivity index (χ4n) is 3.70. The van der Waals surface area contributed by atoms with Gasteiger partial charge in [0, 0.05) is 42.3 Å². The van der Waals surface area contributed by atoms with Crippen LogP contribution in [0.25, 0.3) is 22.6 Å². The van der Waals surface area contributed by atoms with E-state index in [1.165, 1.54) is 23.3 Å². The molecule has 6 nitrogen and oxygen atoms in total. The number of nitrogens with zero attached hydrogens (tertiary/aromatic N) is 4. The van der Waals surface area contributed by atoms with E-state index in [9.17, 15) is 4.39 Å². The van der Waals surface area contributed by atoms with Crippen LogP contribution < -0.4 is 5.32 Å². The highest BCUT2D eigenvalue weighted by atomic mass is 19.1. The van der Waals surface area contributed by atoms with Crippen LogP contribution >= 0.6 is 0 Å². The molecule has 0 saturated carbocycles. The van der Waals surface area contributed by atoms with Gasteiger partial charge in [-0.3, -0.25) is 4.98 Å².